The summed E-state index contributed by atoms with van der Waals surface area (Å²) in [5.41, 5.74) is 0. The Labute approximate surface area is 137 Å². The molecule has 23 heavy (non-hydrogen) atoms. The van der Waals surface area contributed by atoms with Crippen molar-refractivity contribution >= 4 is 11.8 Å². The number of nitrogens with one attached hydrogen (secondary N) is 3. The Kier molecular flexibility index (Phi) is 7.13. The fraction of sp³-hybridized carbons (Fsp3) is 0.647. The minimum absolute atomic E-state index is 0.187. The van der Waals surface area contributed by atoms with Gasteiger partial charge in [-0.15, -0.1) is 0 Å². The summed E-state index contributed by atoms with van der Waals surface area (Å²) in [6.45, 7) is 2.99. The lowest BCUT2D eigenvalue weighted by atomic mass is 10.1. The van der Waals surface area contributed by atoms with Crippen LogP contribution in [0.4, 0.5) is 0 Å². The first-order valence-electron chi connectivity index (χ1n) is 8.52. The highest BCUT2D eigenvalue weighted by Gasteiger charge is 2.17. The van der Waals surface area contributed by atoms with E-state index in [0.717, 1.165) is 6.54 Å². The molecule has 0 saturated heterocycles. The van der Waals surface area contributed by atoms with Gasteiger partial charge in [0.15, 0.2) is 5.76 Å². The summed E-state index contributed by atoms with van der Waals surface area (Å²) < 4.78 is 5.00. The largest absolute Gasteiger partial charge is 0.459 e. The first kappa shape index (κ1) is 17.5. The van der Waals surface area contributed by atoms with Crippen LogP contribution in [0.15, 0.2) is 22.8 Å². The second kappa shape index (κ2) is 9.35. The van der Waals surface area contributed by atoms with Crippen LogP contribution in [-0.4, -0.2) is 37.0 Å². The molecule has 0 aliphatic heterocycles. The smallest absolute Gasteiger partial charge is 0.287 e. The maximum absolute atomic E-state index is 12.0. The zero-order valence-electron chi connectivity index (χ0n) is 13.8. The minimum Gasteiger partial charge on any atom is -0.459 e. The standard InChI is InChI=1S/C17H27N3O3/c1-13(20-17(22)15-9-6-12-23-15)16(21)19-11-10-18-14-7-4-2-3-5-8-14/h6,9,12-14,18H,2-5,7-8,10-11H2,1H3,(H,19,21)(H,20,22). The molecule has 0 bridgehead atoms. The van der Waals surface area contributed by atoms with Gasteiger partial charge in [0.1, 0.15) is 6.04 Å². The van der Waals surface area contributed by atoms with Crippen molar-refractivity contribution in [1.82, 2.24) is 16.0 Å². The molecule has 0 spiro atoms. The lowest BCUT2D eigenvalue weighted by Gasteiger charge is -2.17. The Bertz CT molecular complexity index is 479. The lowest BCUT2D eigenvalue weighted by molar-refractivity contribution is -0.122. The predicted octanol–water partition coefficient (Wildman–Crippen LogP) is 1.83. The Morgan fingerprint density at radius 1 is 1.22 bits per heavy atom. The minimum atomic E-state index is -0.592. The number of rotatable bonds is 7. The van der Waals surface area contributed by atoms with Gasteiger partial charge in [0, 0.05) is 19.1 Å². The molecular formula is C17H27N3O3. The van der Waals surface area contributed by atoms with E-state index in [-0.39, 0.29) is 17.6 Å². The molecular weight excluding hydrogens is 294 g/mol. The highest BCUT2D eigenvalue weighted by atomic mass is 16.3. The summed E-state index contributed by atoms with van der Waals surface area (Å²) in [5, 5.41) is 8.96. The van der Waals surface area contributed by atoms with Crippen molar-refractivity contribution in [2.24, 2.45) is 0 Å². The zero-order chi connectivity index (χ0) is 16.5. The predicted molar refractivity (Wildman–Crippen MR) is 88.1 cm³/mol. The molecule has 0 radical (unpaired) electrons. The number of furan rings is 1. The SMILES string of the molecule is CC(NC(=O)c1ccco1)C(=O)NCCNC1CCCCCC1. The van der Waals surface area contributed by atoms with Gasteiger partial charge in [-0.25, -0.2) is 0 Å². The van der Waals surface area contributed by atoms with Crippen molar-refractivity contribution in [2.75, 3.05) is 13.1 Å². The monoisotopic (exact) mass is 321 g/mol. The third-order valence-corrected chi connectivity index (χ3v) is 4.20. The molecule has 1 aliphatic rings. The topological polar surface area (TPSA) is 83.4 Å². The van der Waals surface area contributed by atoms with Crippen molar-refractivity contribution in [2.45, 2.75) is 57.5 Å². The molecule has 6 heteroatoms. The van der Waals surface area contributed by atoms with Gasteiger partial charge in [0.05, 0.1) is 6.26 Å². The van der Waals surface area contributed by atoms with Crippen molar-refractivity contribution in [3.05, 3.63) is 24.2 Å². The summed E-state index contributed by atoms with van der Waals surface area (Å²) in [5.74, 6) is -0.360. The van der Waals surface area contributed by atoms with E-state index in [0.29, 0.717) is 12.6 Å². The van der Waals surface area contributed by atoms with Crippen LogP contribution in [0, 0.1) is 0 Å². The van der Waals surface area contributed by atoms with E-state index in [2.05, 4.69) is 16.0 Å². The van der Waals surface area contributed by atoms with Crippen molar-refractivity contribution in [1.29, 1.82) is 0 Å². The number of hydrogen-bond donors (Lipinski definition) is 3. The highest BCUT2D eigenvalue weighted by molar-refractivity contribution is 5.95. The molecule has 2 amide bonds. The van der Waals surface area contributed by atoms with E-state index in [1.165, 1.54) is 44.8 Å². The normalized spacial score (nSPS) is 17.3. The highest BCUT2D eigenvalue weighted by Crippen LogP contribution is 2.16. The molecule has 1 heterocycles. The van der Waals surface area contributed by atoms with Crippen molar-refractivity contribution < 1.29 is 14.0 Å². The molecule has 0 aromatic carbocycles. The molecule has 1 fully saturated rings. The molecule has 1 unspecified atom stereocenters. The van der Waals surface area contributed by atoms with Crippen LogP contribution in [-0.2, 0) is 4.79 Å². The van der Waals surface area contributed by atoms with E-state index in [4.69, 9.17) is 4.42 Å². The Morgan fingerprint density at radius 2 is 1.96 bits per heavy atom. The average Bonchev–Trinajstić information content (AvgIpc) is 2.96. The Hall–Kier alpha value is -1.82. The van der Waals surface area contributed by atoms with Gasteiger partial charge in [-0.1, -0.05) is 25.7 Å². The first-order chi connectivity index (χ1) is 11.2. The lowest BCUT2D eigenvalue weighted by Crippen LogP contribution is -2.46. The quantitative estimate of drug-likeness (QED) is 0.528. The first-order valence-corrected chi connectivity index (χ1v) is 8.52. The van der Waals surface area contributed by atoms with Crippen LogP contribution in [0.1, 0.15) is 56.0 Å². The van der Waals surface area contributed by atoms with Crippen LogP contribution in [0.5, 0.6) is 0 Å². The van der Waals surface area contributed by atoms with Gasteiger partial charge in [-0.2, -0.15) is 0 Å². The van der Waals surface area contributed by atoms with Crippen molar-refractivity contribution in [3.63, 3.8) is 0 Å². The van der Waals surface area contributed by atoms with Crippen LogP contribution in [0.3, 0.4) is 0 Å². The second-order valence-corrected chi connectivity index (χ2v) is 6.11. The molecule has 2 rings (SSSR count). The molecule has 128 valence electrons. The summed E-state index contributed by atoms with van der Waals surface area (Å²) in [7, 11) is 0. The summed E-state index contributed by atoms with van der Waals surface area (Å²) in [4.78, 5) is 23.8. The molecule has 1 aliphatic carbocycles. The molecule has 1 atom stereocenters. The number of hydrogen-bond acceptors (Lipinski definition) is 4. The van der Waals surface area contributed by atoms with E-state index in [1.807, 2.05) is 0 Å². The Morgan fingerprint density at radius 3 is 2.61 bits per heavy atom. The second-order valence-electron chi connectivity index (χ2n) is 6.11. The van der Waals surface area contributed by atoms with E-state index >= 15 is 0 Å². The number of carbonyl (C=O) groups excluding carboxylic acids is 2. The maximum atomic E-state index is 12.0. The number of amides is 2. The molecule has 3 N–H and O–H groups in total. The fourth-order valence-corrected chi connectivity index (χ4v) is 2.84. The molecule has 6 nitrogen and oxygen atoms in total. The van der Waals surface area contributed by atoms with Gasteiger partial charge in [-0.3, -0.25) is 9.59 Å². The summed E-state index contributed by atoms with van der Waals surface area (Å²) >= 11 is 0. The number of carbonyl (C=O) groups is 2. The third kappa shape index (κ3) is 6.06. The van der Waals surface area contributed by atoms with Gasteiger partial charge in [-0.05, 0) is 31.9 Å². The van der Waals surface area contributed by atoms with Gasteiger partial charge < -0.3 is 20.4 Å². The fourth-order valence-electron chi connectivity index (χ4n) is 2.84. The molecule has 1 aromatic rings. The van der Waals surface area contributed by atoms with Crippen LogP contribution >= 0.6 is 0 Å². The van der Waals surface area contributed by atoms with Gasteiger partial charge in [0.25, 0.3) is 5.91 Å². The van der Waals surface area contributed by atoms with Crippen LogP contribution < -0.4 is 16.0 Å². The van der Waals surface area contributed by atoms with Crippen molar-refractivity contribution in [3.8, 4) is 0 Å². The average molecular weight is 321 g/mol. The Balaban J connectivity index is 1.61. The molecule has 1 aromatic heterocycles. The maximum Gasteiger partial charge on any atom is 0.287 e. The molecule has 1 saturated carbocycles. The van der Waals surface area contributed by atoms with Gasteiger partial charge in [0.2, 0.25) is 5.91 Å². The van der Waals surface area contributed by atoms with Crippen LogP contribution in [0.25, 0.3) is 0 Å². The van der Waals surface area contributed by atoms with E-state index in [9.17, 15) is 9.59 Å². The summed E-state index contributed by atoms with van der Waals surface area (Å²) in [6, 6.07) is 3.19. The van der Waals surface area contributed by atoms with E-state index < -0.39 is 6.04 Å². The summed E-state index contributed by atoms with van der Waals surface area (Å²) in [6.07, 6.45) is 9.13. The van der Waals surface area contributed by atoms with Crippen LogP contribution in [0.2, 0.25) is 0 Å². The van der Waals surface area contributed by atoms with Gasteiger partial charge >= 0.3 is 0 Å². The third-order valence-electron chi connectivity index (χ3n) is 4.20. The van der Waals surface area contributed by atoms with E-state index in [1.54, 1.807) is 19.1 Å². The zero-order valence-corrected chi connectivity index (χ0v) is 13.8.